The zero-order valence-electron chi connectivity index (χ0n) is 17.5. The molecule has 0 aliphatic carbocycles. The third-order valence-electron chi connectivity index (χ3n) is 6.82. The summed E-state index contributed by atoms with van der Waals surface area (Å²) in [7, 11) is 2.08. The van der Waals surface area contributed by atoms with Crippen LogP contribution in [0.25, 0.3) is 10.9 Å². The van der Waals surface area contributed by atoms with Gasteiger partial charge in [0, 0.05) is 54.9 Å². The Labute approximate surface area is 171 Å². The number of anilines is 1. The average Bonchev–Trinajstić information content (AvgIpc) is 2.86. The van der Waals surface area contributed by atoms with Crippen molar-refractivity contribution in [1.29, 1.82) is 0 Å². The molecule has 29 heavy (non-hydrogen) atoms. The van der Waals surface area contributed by atoms with Gasteiger partial charge in [-0.15, -0.1) is 0 Å². The van der Waals surface area contributed by atoms with Crippen molar-refractivity contribution in [2.45, 2.75) is 51.7 Å². The van der Waals surface area contributed by atoms with Crippen molar-refractivity contribution in [3.05, 3.63) is 59.2 Å². The van der Waals surface area contributed by atoms with Crippen LogP contribution in [-0.2, 0) is 13.1 Å². The van der Waals surface area contributed by atoms with E-state index in [0.717, 1.165) is 42.9 Å². The molecule has 5 heteroatoms. The van der Waals surface area contributed by atoms with Gasteiger partial charge >= 0.3 is 0 Å². The number of piperidine rings is 1. The monoisotopic (exact) mass is 392 g/mol. The number of halogens is 1. The smallest absolute Gasteiger partial charge is 0.128 e. The Bertz CT molecular complexity index is 1030. The van der Waals surface area contributed by atoms with Crippen molar-refractivity contribution in [2.24, 2.45) is 0 Å². The van der Waals surface area contributed by atoms with Gasteiger partial charge in [0.2, 0.25) is 0 Å². The normalized spacial score (nSPS) is 20.9. The van der Waals surface area contributed by atoms with E-state index in [1.807, 2.05) is 12.3 Å². The van der Waals surface area contributed by atoms with E-state index < -0.39 is 0 Å². The molecule has 0 saturated carbocycles. The van der Waals surface area contributed by atoms with Gasteiger partial charge in [-0.25, -0.2) is 9.37 Å². The van der Waals surface area contributed by atoms with Gasteiger partial charge in [-0.05, 0) is 75.2 Å². The predicted octanol–water partition coefficient (Wildman–Crippen LogP) is 4.76. The summed E-state index contributed by atoms with van der Waals surface area (Å²) in [6.45, 7) is 8.35. The number of rotatable bonds is 4. The minimum Gasteiger partial charge on any atom is -0.357 e. The van der Waals surface area contributed by atoms with E-state index in [9.17, 15) is 4.39 Å². The number of hydrogen-bond acceptors (Lipinski definition) is 3. The van der Waals surface area contributed by atoms with Crippen molar-refractivity contribution >= 4 is 16.7 Å². The molecule has 4 nitrogen and oxygen atoms in total. The Morgan fingerprint density at radius 1 is 1.17 bits per heavy atom. The molecule has 3 aliphatic heterocycles. The summed E-state index contributed by atoms with van der Waals surface area (Å²) < 4.78 is 16.5. The first-order valence-electron chi connectivity index (χ1n) is 10.7. The molecule has 152 valence electrons. The summed E-state index contributed by atoms with van der Waals surface area (Å²) in [5, 5.41) is 1.09. The van der Waals surface area contributed by atoms with Crippen LogP contribution in [0, 0.1) is 5.82 Å². The van der Waals surface area contributed by atoms with Crippen molar-refractivity contribution in [1.82, 2.24) is 14.5 Å². The van der Waals surface area contributed by atoms with E-state index in [0.29, 0.717) is 12.0 Å². The summed E-state index contributed by atoms with van der Waals surface area (Å²) in [6, 6.07) is 9.98. The highest BCUT2D eigenvalue weighted by atomic mass is 19.1. The first-order valence-corrected chi connectivity index (χ1v) is 10.7. The van der Waals surface area contributed by atoms with Crippen LogP contribution in [0.5, 0.6) is 0 Å². The molecule has 5 heterocycles. The van der Waals surface area contributed by atoms with Crippen molar-refractivity contribution < 1.29 is 4.39 Å². The van der Waals surface area contributed by atoms with Crippen molar-refractivity contribution in [2.75, 3.05) is 25.0 Å². The van der Waals surface area contributed by atoms with E-state index in [1.165, 1.54) is 29.7 Å². The largest absolute Gasteiger partial charge is 0.357 e. The topological polar surface area (TPSA) is 24.3 Å². The fourth-order valence-corrected chi connectivity index (χ4v) is 4.97. The van der Waals surface area contributed by atoms with E-state index in [2.05, 4.69) is 47.4 Å². The van der Waals surface area contributed by atoms with E-state index in [4.69, 9.17) is 4.98 Å². The molecular formula is C24H29FN4. The van der Waals surface area contributed by atoms with E-state index in [-0.39, 0.29) is 5.82 Å². The third-order valence-corrected chi connectivity index (χ3v) is 6.82. The maximum atomic E-state index is 14.1. The van der Waals surface area contributed by atoms with Crippen LogP contribution < -0.4 is 4.90 Å². The van der Waals surface area contributed by atoms with Crippen LogP contribution in [0.3, 0.4) is 0 Å². The summed E-state index contributed by atoms with van der Waals surface area (Å²) >= 11 is 0. The lowest BCUT2D eigenvalue weighted by Gasteiger charge is -2.28. The van der Waals surface area contributed by atoms with Crippen LogP contribution in [0.4, 0.5) is 10.2 Å². The maximum Gasteiger partial charge on any atom is 0.128 e. The molecule has 1 fully saturated rings. The lowest BCUT2D eigenvalue weighted by Crippen LogP contribution is -2.29. The van der Waals surface area contributed by atoms with Gasteiger partial charge in [0.25, 0.3) is 0 Å². The molecule has 0 unspecified atom stereocenters. The van der Waals surface area contributed by atoms with Crippen molar-refractivity contribution in [3.8, 4) is 0 Å². The van der Waals surface area contributed by atoms with Gasteiger partial charge in [0.05, 0.1) is 0 Å². The first kappa shape index (κ1) is 18.6. The second-order valence-corrected chi connectivity index (χ2v) is 8.89. The molecule has 3 aliphatic rings. The standard InChI is InChI=1S/C24H29FN4/c1-16(2)27(3)23-7-4-17(13-26-23)14-29-22-6-5-19(25)12-20(22)21-15-28-10-8-18(9-11-28)24(21)29/h4-7,12-13,16,18H,8-11,14-15H2,1-3H3. The molecule has 0 spiro atoms. The second kappa shape index (κ2) is 7.13. The average molecular weight is 393 g/mol. The highest BCUT2D eigenvalue weighted by Crippen LogP contribution is 2.41. The fraction of sp³-hybridized carbons (Fsp3) is 0.458. The summed E-state index contributed by atoms with van der Waals surface area (Å²) in [4.78, 5) is 9.40. The van der Waals surface area contributed by atoms with Crippen LogP contribution in [-0.4, -0.2) is 40.6 Å². The van der Waals surface area contributed by atoms with Crippen LogP contribution in [0.1, 0.15) is 49.4 Å². The molecule has 0 atom stereocenters. The second-order valence-electron chi connectivity index (χ2n) is 8.89. The summed E-state index contributed by atoms with van der Waals surface area (Å²) in [5.74, 6) is 1.42. The highest BCUT2D eigenvalue weighted by Gasteiger charge is 2.32. The fourth-order valence-electron chi connectivity index (χ4n) is 4.97. The van der Waals surface area contributed by atoms with E-state index in [1.54, 1.807) is 12.1 Å². The van der Waals surface area contributed by atoms with Crippen LogP contribution in [0.15, 0.2) is 36.5 Å². The zero-order valence-corrected chi connectivity index (χ0v) is 17.5. The molecule has 6 rings (SSSR count). The van der Waals surface area contributed by atoms with Gasteiger partial charge in [0.1, 0.15) is 11.6 Å². The lowest BCUT2D eigenvalue weighted by molar-refractivity contribution is 0.219. The van der Waals surface area contributed by atoms with E-state index >= 15 is 0 Å². The Morgan fingerprint density at radius 2 is 1.97 bits per heavy atom. The highest BCUT2D eigenvalue weighted by molar-refractivity contribution is 5.86. The lowest BCUT2D eigenvalue weighted by atomic mass is 9.94. The van der Waals surface area contributed by atoms with Gasteiger partial charge in [-0.3, -0.25) is 4.90 Å². The SMILES string of the molecule is CC(C)N(C)c1ccc(Cn2c3c(c4cc(F)ccc42)CN2CCC3CC2)cn1. The molecule has 1 saturated heterocycles. The number of benzene rings is 1. The molecule has 2 aromatic heterocycles. The molecular weight excluding hydrogens is 363 g/mol. The quantitative estimate of drug-likeness (QED) is 0.640. The van der Waals surface area contributed by atoms with Gasteiger partial charge in [-0.2, -0.15) is 0 Å². The maximum absolute atomic E-state index is 14.1. The Kier molecular flexibility index (Phi) is 4.58. The molecule has 0 amide bonds. The number of nitrogens with zero attached hydrogens (tertiary/aromatic N) is 4. The Balaban J connectivity index is 1.58. The van der Waals surface area contributed by atoms with Crippen molar-refractivity contribution in [3.63, 3.8) is 0 Å². The van der Waals surface area contributed by atoms with Crippen LogP contribution in [0.2, 0.25) is 0 Å². The Morgan fingerprint density at radius 3 is 2.66 bits per heavy atom. The minimum atomic E-state index is -0.146. The predicted molar refractivity (Wildman–Crippen MR) is 116 cm³/mol. The van der Waals surface area contributed by atoms with Crippen LogP contribution >= 0.6 is 0 Å². The first-order chi connectivity index (χ1) is 14.0. The molecule has 3 aromatic rings. The Hall–Kier alpha value is -2.40. The molecule has 1 aromatic carbocycles. The molecule has 2 bridgehead atoms. The minimum absolute atomic E-state index is 0.146. The number of fused-ring (bicyclic) bond motifs is 3. The molecule has 0 radical (unpaired) electrons. The number of pyridine rings is 1. The summed E-state index contributed by atoms with van der Waals surface area (Å²) in [5.41, 5.74) is 5.10. The third kappa shape index (κ3) is 3.21. The summed E-state index contributed by atoms with van der Waals surface area (Å²) in [6.07, 6.45) is 4.39. The molecule has 0 N–H and O–H groups in total. The van der Waals surface area contributed by atoms with Gasteiger partial charge < -0.3 is 9.47 Å². The zero-order chi connectivity index (χ0) is 20.1. The number of hydrogen-bond donors (Lipinski definition) is 0. The number of aromatic nitrogens is 2. The van der Waals surface area contributed by atoms with Gasteiger partial charge in [0.15, 0.2) is 0 Å². The van der Waals surface area contributed by atoms with Gasteiger partial charge in [-0.1, -0.05) is 6.07 Å².